The zero-order valence-electron chi connectivity index (χ0n) is 9.96. The van der Waals surface area contributed by atoms with E-state index in [1.807, 2.05) is 12.1 Å². The molecule has 16 heavy (non-hydrogen) atoms. The van der Waals surface area contributed by atoms with Crippen LogP contribution in [0.5, 0.6) is 0 Å². The average Bonchev–Trinajstić information content (AvgIpc) is 2.64. The quantitative estimate of drug-likeness (QED) is 0.818. The number of para-hydroxylation sites is 1. The number of aryl methyl sites for hydroxylation is 1. The third kappa shape index (κ3) is 1.78. The van der Waals surface area contributed by atoms with Gasteiger partial charge in [0.25, 0.3) is 0 Å². The van der Waals surface area contributed by atoms with Crippen LogP contribution in [0.4, 0.5) is 5.69 Å². The third-order valence-corrected chi connectivity index (χ3v) is 3.75. The second-order valence-electron chi connectivity index (χ2n) is 4.82. The lowest BCUT2D eigenvalue weighted by Crippen LogP contribution is -2.39. The molecule has 1 fully saturated rings. The summed E-state index contributed by atoms with van der Waals surface area (Å²) < 4.78 is 0. The first-order valence-corrected chi connectivity index (χ1v) is 5.93. The molecule has 1 aliphatic carbocycles. The number of nitrogens with zero attached hydrogens (tertiary/aromatic N) is 1. The molecule has 2 rings (SSSR count). The summed E-state index contributed by atoms with van der Waals surface area (Å²) in [4.78, 5) is 0. The highest BCUT2D eigenvalue weighted by Crippen LogP contribution is 2.38. The molecule has 0 bridgehead atoms. The molecule has 0 aromatic heterocycles. The van der Waals surface area contributed by atoms with Crippen LogP contribution in [0.3, 0.4) is 0 Å². The number of anilines is 1. The van der Waals surface area contributed by atoms with Crippen molar-refractivity contribution in [2.75, 3.05) is 5.32 Å². The van der Waals surface area contributed by atoms with Crippen molar-refractivity contribution in [1.29, 1.82) is 5.26 Å². The van der Waals surface area contributed by atoms with Gasteiger partial charge in [-0.15, -0.1) is 0 Å². The van der Waals surface area contributed by atoms with Gasteiger partial charge < -0.3 is 5.32 Å². The molecule has 1 aliphatic rings. The minimum Gasteiger partial charge on any atom is -0.367 e. The van der Waals surface area contributed by atoms with Gasteiger partial charge in [0.1, 0.15) is 5.54 Å². The van der Waals surface area contributed by atoms with Gasteiger partial charge in [-0.05, 0) is 43.7 Å². The molecule has 0 aliphatic heterocycles. The van der Waals surface area contributed by atoms with Gasteiger partial charge in [-0.2, -0.15) is 5.26 Å². The fourth-order valence-corrected chi connectivity index (χ4v) is 2.51. The van der Waals surface area contributed by atoms with Gasteiger partial charge in [0.15, 0.2) is 0 Å². The molecule has 0 saturated heterocycles. The van der Waals surface area contributed by atoms with Gasteiger partial charge >= 0.3 is 0 Å². The smallest absolute Gasteiger partial charge is 0.127 e. The van der Waals surface area contributed by atoms with E-state index < -0.39 is 0 Å². The molecule has 1 saturated carbocycles. The Morgan fingerprint density at radius 3 is 2.75 bits per heavy atom. The van der Waals surface area contributed by atoms with Crippen LogP contribution in [0, 0.1) is 24.2 Å². The van der Waals surface area contributed by atoms with Crippen LogP contribution in [0.2, 0.25) is 0 Å². The molecule has 2 heteroatoms. The van der Waals surface area contributed by atoms with E-state index in [1.165, 1.54) is 5.56 Å². The van der Waals surface area contributed by atoms with Gasteiger partial charge in [0.2, 0.25) is 0 Å². The Kier molecular flexibility index (Phi) is 2.87. The largest absolute Gasteiger partial charge is 0.367 e. The van der Waals surface area contributed by atoms with E-state index in [0.717, 1.165) is 24.9 Å². The lowest BCUT2D eigenvalue weighted by Gasteiger charge is -2.29. The van der Waals surface area contributed by atoms with E-state index in [4.69, 9.17) is 0 Å². The van der Waals surface area contributed by atoms with Crippen LogP contribution < -0.4 is 5.32 Å². The molecule has 2 atom stereocenters. The number of rotatable bonds is 2. The Balaban J connectivity index is 2.27. The predicted octanol–water partition coefficient (Wildman–Crippen LogP) is 3.49. The number of nitrogens with one attached hydrogen (secondary N) is 1. The van der Waals surface area contributed by atoms with Crippen LogP contribution in [-0.2, 0) is 0 Å². The Bertz CT molecular complexity index is 419. The molecule has 0 amide bonds. The molecule has 1 aromatic rings. The third-order valence-electron chi connectivity index (χ3n) is 3.75. The summed E-state index contributed by atoms with van der Waals surface area (Å²) in [7, 11) is 0. The van der Waals surface area contributed by atoms with Gasteiger partial charge in [0, 0.05) is 5.69 Å². The summed E-state index contributed by atoms with van der Waals surface area (Å²) in [6.45, 7) is 4.24. The van der Waals surface area contributed by atoms with Gasteiger partial charge in [-0.25, -0.2) is 0 Å². The molecule has 1 N–H and O–H groups in total. The summed E-state index contributed by atoms with van der Waals surface area (Å²) in [5, 5.41) is 12.9. The van der Waals surface area contributed by atoms with Crippen molar-refractivity contribution in [3.8, 4) is 6.07 Å². The normalized spacial score (nSPS) is 28.7. The summed E-state index contributed by atoms with van der Waals surface area (Å²) in [6.07, 6.45) is 3.25. The summed E-state index contributed by atoms with van der Waals surface area (Å²) in [5.74, 6) is 0.428. The molecule has 2 nitrogen and oxygen atoms in total. The topological polar surface area (TPSA) is 35.8 Å². The monoisotopic (exact) mass is 214 g/mol. The van der Waals surface area contributed by atoms with Crippen molar-refractivity contribution >= 4 is 5.69 Å². The number of hydrogen-bond donors (Lipinski definition) is 1. The minimum atomic E-state index is -0.355. The molecule has 84 valence electrons. The highest BCUT2D eigenvalue weighted by atomic mass is 15.0. The number of hydrogen-bond acceptors (Lipinski definition) is 2. The molecular weight excluding hydrogens is 196 g/mol. The Labute approximate surface area is 97.3 Å². The fourth-order valence-electron chi connectivity index (χ4n) is 2.51. The van der Waals surface area contributed by atoms with Crippen LogP contribution in [0.25, 0.3) is 0 Å². The molecular formula is C14H18N2. The first kappa shape index (κ1) is 11.0. The number of benzene rings is 1. The second-order valence-corrected chi connectivity index (χ2v) is 4.82. The molecule has 0 spiro atoms. The average molecular weight is 214 g/mol. The lowest BCUT2D eigenvalue weighted by molar-refractivity contribution is 0.464. The molecule has 1 aromatic carbocycles. The lowest BCUT2D eigenvalue weighted by atomic mass is 9.89. The van der Waals surface area contributed by atoms with Gasteiger partial charge in [-0.3, -0.25) is 0 Å². The predicted molar refractivity (Wildman–Crippen MR) is 66.2 cm³/mol. The van der Waals surface area contributed by atoms with E-state index in [0.29, 0.717) is 5.92 Å². The fraction of sp³-hybridized carbons (Fsp3) is 0.500. The Morgan fingerprint density at radius 2 is 2.19 bits per heavy atom. The maximum absolute atomic E-state index is 9.43. The van der Waals surface area contributed by atoms with Crippen LogP contribution in [0.15, 0.2) is 24.3 Å². The first-order valence-electron chi connectivity index (χ1n) is 5.93. The van der Waals surface area contributed by atoms with E-state index in [1.54, 1.807) is 0 Å². The van der Waals surface area contributed by atoms with Crippen LogP contribution in [-0.4, -0.2) is 5.54 Å². The Hall–Kier alpha value is -1.49. The maximum atomic E-state index is 9.43. The summed E-state index contributed by atoms with van der Waals surface area (Å²) >= 11 is 0. The highest BCUT2D eigenvalue weighted by molar-refractivity contribution is 5.54. The summed E-state index contributed by atoms with van der Waals surface area (Å²) in [6, 6.07) is 10.7. The van der Waals surface area contributed by atoms with Crippen molar-refractivity contribution in [2.45, 2.75) is 38.6 Å². The van der Waals surface area contributed by atoms with Crippen molar-refractivity contribution in [2.24, 2.45) is 5.92 Å². The van der Waals surface area contributed by atoms with E-state index in [-0.39, 0.29) is 5.54 Å². The van der Waals surface area contributed by atoms with E-state index in [2.05, 4.69) is 37.4 Å². The molecule has 0 heterocycles. The van der Waals surface area contributed by atoms with Crippen molar-refractivity contribution in [3.05, 3.63) is 29.8 Å². The molecule has 0 radical (unpaired) electrons. The SMILES string of the molecule is Cc1ccccc1NC1(C#N)CCCC1C. The van der Waals surface area contributed by atoms with Crippen LogP contribution >= 0.6 is 0 Å². The van der Waals surface area contributed by atoms with Gasteiger partial charge in [-0.1, -0.05) is 25.1 Å². The van der Waals surface area contributed by atoms with E-state index >= 15 is 0 Å². The molecule has 2 unspecified atom stereocenters. The first-order chi connectivity index (χ1) is 7.68. The van der Waals surface area contributed by atoms with E-state index in [9.17, 15) is 5.26 Å². The summed E-state index contributed by atoms with van der Waals surface area (Å²) in [5.41, 5.74) is 1.94. The van der Waals surface area contributed by atoms with Crippen molar-refractivity contribution in [1.82, 2.24) is 0 Å². The van der Waals surface area contributed by atoms with Crippen LogP contribution in [0.1, 0.15) is 31.7 Å². The highest BCUT2D eigenvalue weighted by Gasteiger charge is 2.40. The number of nitriles is 1. The van der Waals surface area contributed by atoms with Crippen molar-refractivity contribution in [3.63, 3.8) is 0 Å². The maximum Gasteiger partial charge on any atom is 0.127 e. The van der Waals surface area contributed by atoms with Crippen molar-refractivity contribution < 1.29 is 0 Å². The minimum absolute atomic E-state index is 0.355. The second kappa shape index (κ2) is 4.17. The zero-order valence-corrected chi connectivity index (χ0v) is 9.96. The van der Waals surface area contributed by atoms with Gasteiger partial charge in [0.05, 0.1) is 6.07 Å². The Morgan fingerprint density at radius 1 is 1.44 bits per heavy atom. The zero-order chi connectivity index (χ0) is 11.6. The standard InChI is InChI=1S/C14H18N2/c1-11-6-3-4-8-13(11)16-14(10-15)9-5-7-12(14)2/h3-4,6,8,12,16H,5,7,9H2,1-2H3.